The maximum atomic E-state index is 12.6. The lowest BCUT2D eigenvalue weighted by atomic mass is 10.2. The normalized spacial score (nSPS) is 12.1. The van der Waals surface area contributed by atoms with Crippen LogP contribution in [0.3, 0.4) is 0 Å². The first-order valence-corrected chi connectivity index (χ1v) is 8.47. The fourth-order valence-corrected chi connectivity index (χ4v) is 3.29. The number of hydrogen-bond donors (Lipinski definition) is 1. The molecule has 0 aliphatic carbocycles. The van der Waals surface area contributed by atoms with Crippen molar-refractivity contribution in [2.24, 2.45) is 0 Å². The molecule has 0 unspecified atom stereocenters. The molecule has 0 aromatic carbocycles. The van der Waals surface area contributed by atoms with Gasteiger partial charge in [-0.15, -0.1) is 21.5 Å². The Hall–Kier alpha value is -2.61. The van der Waals surface area contributed by atoms with Gasteiger partial charge in [0.1, 0.15) is 29.2 Å². The van der Waals surface area contributed by atoms with Gasteiger partial charge in [0.2, 0.25) is 0 Å². The molecule has 0 fully saturated rings. The molecule has 0 spiro atoms. The summed E-state index contributed by atoms with van der Waals surface area (Å²) in [6, 6.07) is 5.16. The first kappa shape index (κ1) is 16.3. The van der Waals surface area contributed by atoms with Crippen LogP contribution in [0.1, 0.15) is 45.5 Å². The van der Waals surface area contributed by atoms with Crippen molar-refractivity contribution in [2.45, 2.75) is 33.2 Å². The molecule has 0 saturated carbocycles. The summed E-state index contributed by atoms with van der Waals surface area (Å²) in [6.07, 6.45) is 3.85. The van der Waals surface area contributed by atoms with Gasteiger partial charge in [-0.3, -0.25) is 9.36 Å². The number of amides is 1. The molecule has 0 radical (unpaired) electrons. The van der Waals surface area contributed by atoms with Crippen molar-refractivity contribution in [3.63, 3.8) is 0 Å². The molecule has 0 aliphatic heterocycles. The van der Waals surface area contributed by atoms with E-state index >= 15 is 0 Å². The van der Waals surface area contributed by atoms with Crippen molar-refractivity contribution in [3.05, 3.63) is 52.1 Å². The lowest BCUT2D eigenvalue weighted by molar-refractivity contribution is 0.0930. The van der Waals surface area contributed by atoms with Gasteiger partial charge in [0.05, 0.1) is 11.7 Å². The molecule has 0 saturated heterocycles. The van der Waals surface area contributed by atoms with Gasteiger partial charge < -0.3 is 5.32 Å². The number of carbonyl (C=O) groups is 1. The Morgan fingerprint density at radius 3 is 2.62 bits per heavy atom. The van der Waals surface area contributed by atoms with Crippen molar-refractivity contribution in [1.82, 2.24) is 30.0 Å². The van der Waals surface area contributed by atoms with Gasteiger partial charge >= 0.3 is 0 Å². The van der Waals surface area contributed by atoms with E-state index in [0.29, 0.717) is 11.5 Å². The van der Waals surface area contributed by atoms with E-state index in [4.69, 9.17) is 0 Å². The van der Waals surface area contributed by atoms with Crippen LogP contribution in [0.4, 0.5) is 0 Å². The predicted octanol–water partition coefficient (Wildman–Crippen LogP) is 2.62. The van der Waals surface area contributed by atoms with E-state index in [0.717, 1.165) is 17.1 Å². The third-order valence-electron chi connectivity index (χ3n) is 3.71. The minimum atomic E-state index is -0.220. The maximum absolute atomic E-state index is 12.6. The van der Waals surface area contributed by atoms with Gasteiger partial charge in [-0.25, -0.2) is 9.97 Å². The number of nitrogens with zero attached hydrogens (tertiary/aromatic N) is 5. The van der Waals surface area contributed by atoms with Crippen LogP contribution < -0.4 is 5.32 Å². The average Bonchev–Trinajstić information content (AvgIpc) is 3.23. The van der Waals surface area contributed by atoms with E-state index in [1.165, 1.54) is 4.88 Å². The maximum Gasteiger partial charge on any atom is 0.270 e. The lowest BCUT2D eigenvalue weighted by Crippen LogP contribution is -2.29. The molecular formula is C16H18N6OS. The number of rotatable bonds is 5. The first-order valence-electron chi connectivity index (χ1n) is 7.65. The Morgan fingerprint density at radius 1 is 1.25 bits per heavy atom. The Labute approximate surface area is 143 Å². The fraction of sp³-hybridized carbons (Fsp3) is 0.312. The molecular weight excluding hydrogens is 324 g/mol. The Bertz CT molecular complexity index is 823. The van der Waals surface area contributed by atoms with Crippen molar-refractivity contribution >= 4 is 17.2 Å². The number of aryl methyl sites for hydroxylation is 2. The van der Waals surface area contributed by atoms with Crippen LogP contribution in [0.5, 0.6) is 0 Å². The molecule has 0 bridgehead atoms. The highest BCUT2D eigenvalue weighted by molar-refractivity contribution is 7.11. The standard InChI is InChI=1S/C16H18N6OS/c1-4-12(16-19-10(2)11(3)24-16)21-15(23)13-6-5-7-14(20-13)22-8-17-18-9-22/h5-9,12H,4H2,1-3H3,(H,21,23)/t12-/m1/s1. The second kappa shape index (κ2) is 6.88. The molecule has 8 heteroatoms. The Morgan fingerprint density at radius 2 is 2.00 bits per heavy atom. The number of aromatic nitrogens is 5. The van der Waals surface area contributed by atoms with Gasteiger partial charge in [0.15, 0.2) is 0 Å². The highest BCUT2D eigenvalue weighted by Crippen LogP contribution is 2.25. The summed E-state index contributed by atoms with van der Waals surface area (Å²) in [7, 11) is 0. The highest BCUT2D eigenvalue weighted by atomic mass is 32.1. The van der Waals surface area contributed by atoms with Crippen LogP contribution in [0, 0.1) is 13.8 Å². The van der Waals surface area contributed by atoms with E-state index in [-0.39, 0.29) is 11.9 Å². The fourth-order valence-electron chi connectivity index (χ4n) is 2.23. The summed E-state index contributed by atoms with van der Waals surface area (Å²) in [4.78, 5) is 22.7. The zero-order valence-electron chi connectivity index (χ0n) is 13.7. The van der Waals surface area contributed by atoms with E-state index < -0.39 is 0 Å². The van der Waals surface area contributed by atoms with Gasteiger partial charge in [0.25, 0.3) is 5.91 Å². The molecule has 3 rings (SSSR count). The number of nitrogens with one attached hydrogen (secondary N) is 1. The van der Waals surface area contributed by atoms with Gasteiger partial charge in [-0.05, 0) is 32.4 Å². The molecule has 124 valence electrons. The minimum Gasteiger partial charge on any atom is -0.341 e. The second-order valence-corrected chi connectivity index (χ2v) is 6.61. The van der Waals surface area contributed by atoms with Crippen molar-refractivity contribution in [2.75, 3.05) is 0 Å². The third-order valence-corrected chi connectivity index (χ3v) is 4.89. The van der Waals surface area contributed by atoms with Crippen molar-refractivity contribution < 1.29 is 4.79 Å². The number of thiazole rings is 1. The number of carbonyl (C=O) groups excluding carboxylic acids is 1. The van der Waals surface area contributed by atoms with Crippen LogP contribution >= 0.6 is 11.3 Å². The van der Waals surface area contributed by atoms with Crippen LogP contribution in [-0.2, 0) is 0 Å². The monoisotopic (exact) mass is 342 g/mol. The topological polar surface area (TPSA) is 85.6 Å². The summed E-state index contributed by atoms with van der Waals surface area (Å²) in [5, 5.41) is 11.4. The molecule has 3 heterocycles. The zero-order valence-corrected chi connectivity index (χ0v) is 14.5. The van der Waals surface area contributed by atoms with Gasteiger partial charge in [-0.2, -0.15) is 0 Å². The Balaban J connectivity index is 1.80. The highest BCUT2D eigenvalue weighted by Gasteiger charge is 2.19. The summed E-state index contributed by atoms with van der Waals surface area (Å²) in [5.41, 5.74) is 1.36. The van der Waals surface area contributed by atoms with Crippen LogP contribution in [0.25, 0.3) is 5.82 Å². The molecule has 24 heavy (non-hydrogen) atoms. The number of hydrogen-bond acceptors (Lipinski definition) is 6. The molecule has 3 aromatic heterocycles. The Kier molecular flexibility index (Phi) is 4.66. The van der Waals surface area contributed by atoms with E-state index in [1.807, 2.05) is 20.8 Å². The molecule has 1 atom stereocenters. The minimum absolute atomic E-state index is 0.115. The first-order chi connectivity index (χ1) is 11.6. The van der Waals surface area contributed by atoms with Crippen molar-refractivity contribution in [1.29, 1.82) is 0 Å². The van der Waals surface area contributed by atoms with Crippen molar-refractivity contribution in [3.8, 4) is 5.82 Å². The summed E-state index contributed by atoms with van der Waals surface area (Å²) in [5.74, 6) is 0.379. The van der Waals surface area contributed by atoms with E-state index in [9.17, 15) is 4.79 Å². The van der Waals surface area contributed by atoms with Gasteiger partial charge in [-0.1, -0.05) is 13.0 Å². The second-order valence-electron chi connectivity index (χ2n) is 5.38. The van der Waals surface area contributed by atoms with E-state index in [1.54, 1.807) is 46.8 Å². The zero-order chi connectivity index (χ0) is 17.1. The lowest BCUT2D eigenvalue weighted by Gasteiger charge is -2.14. The molecule has 7 nitrogen and oxygen atoms in total. The predicted molar refractivity (Wildman–Crippen MR) is 91.2 cm³/mol. The van der Waals surface area contributed by atoms with Crippen LogP contribution in [0.15, 0.2) is 30.9 Å². The summed E-state index contributed by atoms with van der Waals surface area (Å²) < 4.78 is 1.65. The SMILES string of the molecule is CC[C@@H](NC(=O)c1cccc(-n2cnnc2)n1)c1nc(C)c(C)s1. The molecule has 1 N–H and O–H groups in total. The molecule has 3 aromatic rings. The van der Waals surface area contributed by atoms with Gasteiger partial charge in [0, 0.05) is 4.88 Å². The quantitative estimate of drug-likeness (QED) is 0.770. The summed E-state index contributed by atoms with van der Waals surface area (Å²) >= 11 is 1.62. The largest absolute Gasteiger partial charge is 0.341 e. The smallest absolute Gasteiger partial charge is 0.270 e. The number of pyridine rings is 1. The average molecular weight is 342 g/mol. The summed E-state index contributed by atoms with van der Waals surface area (Å²) in [6.45, 7) is 6.04. The molecule has 1 amide bonds. The molecule has 0 aliphatic rings. The van der Waals surface area contributed by atoms with E-state index in [2.05, 4.69) is 25.5 Å². The van der Waals surface area contributed by atoms with Crippen LogP contribution in [0.2, 0.25) is 0 Å². The third kappa shape index (κ3) is 3.33. The van der Waals surface area contributed by atoms with Crippen LogP contribution in [-0.4, -0.2) is 30.6 Å².